The van der Waals surface area contributed by atoms with Gasteiger partial charge in [-0.3, -0.25) is 9.59 Å². The molecule has 0 aliphatic heterocycles. The summed E-state index contributed by atoms with van der Waals surface area (Å²) < 4.78 is 0. The van der Waals surface area contributed by atoms with Gasteiger partial charge < -0.3 is 15.7 Å². The molecule has 0 spiro atoms. The van der Waals surface area contributed by atoms with Crippen molar-refractivity contribution in [2.75, 3.05) is 5.32 Å². The van der Waals surface area contributed by atoms with E-state index < -0.39 is 0 Å². The Morgan fingerprint density at radius 1 is 0.958 bits per heavy atom. The van der Waals surface area contributed by atoms with E-state index in [4.69, 9.17) is 0 Å². The average molecular weight is 326 g/mol. The summed E-state index contributed by atoms with van der Waals surface area (Å²) in [6, 6.07) is 14.0. The molecule has 126 valence electrons. The minimum absolute atomic E-state index is 0.0232. The minimum Gasteiger partial charge on any atom is -0.508 e. The average Bonchev–Trinajstić information content (AvgIpc) is 2.56. The first-order valence-corrected chi connectivity index (χ1v) is 7.88. The van der Waals surface area contributed by atoms with Crippen molar-refractivity contribution in [2.24, 2.45) is 5.92 Å². The van der Waals surface area contributed by atoms with Crippen molar-refractivity contribution in [3.63, 3.8) is 0 Å². The molecule has 0 saturated heterocycles. The highest BCUT2D eigenvalue weighted by Crippen LogP contribution is 2.12. The van der Waals surface area contributed by atoms with Gasteiger partial charge in [0.2, 0.25) is 11.8 Å². The van der Waals surface area contributed by atoms with Gasteiger partial charge in [-0.25, -0.2) is 0 Å². The lowest BCUT2D eigenvalue weighted by Gasteiger charge is -2.09. The molecule has 0 bridgehead atoms. The quantitative estimate of drug-likeness (QED) is 0.764. The fraction of sp³-hybridized carbons (Fsp3) is 0.263. The van der Waals surface area contributed by atoms with Gasteiger partial charge in [-0.05, 0) is 35.4 Å². The third-order valence-corrected chi connectivity index (χ3v) is 3.54. The van der Waals surface area contributed by atoms with E-state index in [0.29, 0.717) is 6.54 Å². The van der Waals surface area contributed by atoms with Crippen LogP contribution in [0.4, 0.5) is 5.69 Å². The third kappa shape index (κ3) is 5.43. The number of carbonyl (C=O) groups excluding carboxylic acids is 2. The predicted octanol–water partition coefficient (Wildman–Crippen LogP) is 2.85. The molecule has 0 radical (unpaired) electrons. The molecule has 2 aromatic rings. The molecule has 5 nitrogen and oxygen atoms in total. The Kier molecular flexibility index (Phi) is 5.95. The number of carbonyl (C=O) groups is 2. The van der Waals surface area contributed by atoms with Gasteiger partial charge in [0.05, 0.1) is 6.42 Å². The second kappa shape index (κ2) is 8.15. The molecule has 0 aromatic heterocycles. The number of hydrogen-bond donors (Lipinski definition) is 3. The highest BCUT2D eigenvalue weighted by Gasteiger charge is 2.07. The number of amides is 2. The Morgan fingerprint density at radius 2 is 1.54 bits per heavy atom. The molecule has 0 heterocycles. The SMILES string of the molecule is CC(C)C(=O)Nc1ccc(CNC(=O)Cc2ccc(O)cc2)cc1. The summed E-state index contributed by atoms with van der Waals surface area (Å²) in [5.74, 6) is 0.00972. The van der Waals surface area contributed by atoms with Crippen LogP contribution in [0.5, 0.6) is 5.75 Å². The van der Waals surface area contributed by atoms with Gasteiger partial charge in [0, 0.05) is 18.2 Å². The molecule has 3 N–H and O–H groups in total. The van der Waals surface area contributed by atoms with Gasteiger partial charge in [0.1, 0.15) is 5.75 Å². The number of benzene rings is 2. The molecule has 5 heteroatoms. The molecule has 0 unspecified atom stereocenters. The van der Waals surface area contributed by atoms with Crippen LogP contribution in [0.3, 0.4) is 0 Å². The van der Waals surface area contributed by atoms with Gasteiger partial charge in [-0.1, -0.05) is 38.1 Å². The molecule has 24 heavy (non-hydrogen) atoms. The van der Waals surface area contributed by atoms with Crippen LogP contribution in [0.25, 0.3) is 0 Å². The largest absolute Gasteiger partial charge is 0.508 e. The summed E-state index contributed by atoms with van der Waals surface area (Å²) in [7, 11) is 0. The first kappa shape index (κ1) is 17.5. The fourth-order valence-corrected chi connectivity index (χ4v) is 2.05. The maximum atomic E-state index is 11.9. The first-order valence-electron chi connectivity index (χ1n) is 7.88. The zero-order chi connectivity index (χ0) is 17.5. The van der Waals surface area contributed by atoms with Crippen LogP contribution >= 0.6 is 0 Å². The van der Waals surface area contributed by atoms with Crippen LogP contribution in [0.2, 0.25) is 0 Å². The highest BCUT2D eigenvalue weighted by molar-refractivity contribution is 5.92. The summed E-state index contributed by atoms with van der Waals surface area (Å²) in [5.41, 5.74) is 2.54. The van der Waals surface area contributed by atoms with Crippen molar-refractivity contribution in [2.45, 2.75) is 26.8 Å². The highest BCUT2D eigenvalue weighted by atomic mass is 16.3. The Labute approximate surface area is 141 Å². The van der Waals surface area contributed by atoms with Crippen LogP contribution in [0.1, 0.15) is 25.0 Å². The summed E-state index contributed by atoms with van der Waals surface area (Å²) in [6.45, 7) is 4.11. The van der Waals surface area contributed by atoms with Crippen molar-refractivity contribution in [3.8, 4) is 5.75 Å². The standard InChI is InChI=1S/C19H22N2O3/c1-13(2)19(24)21-16-7-3-15(4-8-16)12-20-18(23)11-14-5-9-17(22)10-6-14/h3-10,13,22H,11-12H2,1-2H3,(H,20,23)(H,21,24). The van der Waals surface area contributed by atoms with E-state index in [1.165, 1.54) is 0 Å². The van der Waals surface area contributed by atoms with E-state index in [1.807, 2.05) is 38.1 Å². The molecule has 0 atom stereocenters. The van der Waals surface area contributed by atoms with E-state index in [1.54, 1.807) is 24.3 Å². The molecular formula is C19H22N2O3. The molecule has 0 aliphatic rings. The Bertz CT molecular complexity index is 692. The van der Waals surface area contributed by atoms with E-state index in [-0.39, 0.29) is 29.9 Å². The third-order valence-electron chi connectivity index (χ3n) is 3.54. The minimum atomic E-state index is -0.0853. The monoisotopic (exact) mass is 326 g/mol. The van der Waals surface area contributed by atoms with Crippen molar-refractivity contribution >= 4 is 17.5 Å². The van der Waals surface area contributed by atoms with Gasteiger partial charge in [0.15, 0.2) is 0 Å². The molecule has 0 aliphatic carbocycles. The van der Waals surface area contributed by atoms with Crippen LogP contribution in [0, 0.1) is 5.92 Å². The smallest absolute Gasteiger partial charge is 0.226 e. The van der Waals surface area contributed by atoms with E-state index in [2.05, 4.69) is 10.6 Å². The second-order valence-electron chi connectivity index (χ2n) is 5.96. The van der Waals surface area contributed by atoms with Crippen LogP contribution in [-0.2, 0) is 22.6 Å². The summed E-state index contributed by atoms with van der Waals surface area (Å²) in [5, 5.41) is 14.9. The van der Waals surface area contributed by atoms with Crippen LogP contribution in [-0.4, -0.2) is 16.9 Å². The number of phenols is 1. The Hall–Kier alpha value is -2.82. The van der Waals surface area contributed by atoms with Crippen molar-refractivity contribution in [1.29, 1.82) is 0 Å². The lowest BCUT2D eigenvalue weighted by Crippen LogP contribution is -2.24. The number of hydrogen-bond acceptors (Lipinski definition) is 3. The normalized spacial score (nSPS) is 10.5. The number of nitrogens with one attached hydrogen (secondary N) is 2. The lowest BCUT2D eigenvalue weighted by molar-refractivity contribution is -0.120. The molecule has 2 amide bonds. The van der Waals surface area contributed by atoms with E-state index >= 15 is 0 Å². The predicted molar refractivity (Wildman–Crippen MR) is 93.6 cm³/mol. The fourth-order valence-electron chi connectivity index (χ4n) is 2.05. The Balaban J connectivity index is 1.82. The van der Waals surface area contributed by atoms with Gasteiger partial charge in [0.25, 0.3) is 0 Å². The summed E-state index contributed by atoms with van der Waals surface area (Å²) in [6.07, 6.45) is 0.267. The number of phenolic OH excluding ortho intramolecular Hbond substituents is 1. The summed E-state index contributed by atoms with van der Waals surface area (Å²) in [4.78, 5) is 23.6. The summed E-state index contributed by atoms with van der Waals surface area (Å²) >= 11 is 0. The lowest BCUT2D eigenvalue weighted by atomic mass is 10.1. The van der Waals surface area contributed by atoms with Gasteiger partial charge in [-0.15, -0.1) is 0 Å². The van der Waals surface area contributed by atoms with E-state index in [0.717, 1.165) is 16.8 Å². The molecule has 2 aromatic carbocycles. The number of aromatic hydroxyl groups is 1. The Morgan fingerprint density at radius 3 is 2.12 bits per heavy atom. The first-order chi connectivity index (χ1) is 11.4. The molecule has 0 fully saturated rings. The maximum absolute atomic E-state index is 11.9. The van der Waals surface area contributed by atoms with Gasteiger partial charge in [-0.2, -0.15) is 0 Å². The number of anilines is 1. The van der Waals surface area contributed by atoms with Crippen molar-refractivity contribution in [3.05, 3.63) is 59.7 Å². The molecule has 2 rings (SSSR count). The van der Waals surface area contributed by atoms with Gasteiger partial charge >= 0.3 is 0 Å². The molecular weight excluding hydrogens is 304 g/mol. The van der Waals surface area contributed by atoms with Crippen LogP contribution in [0.15, 0.2) is 48.5 Å². The number of rotatable bonds is 6. The van der Waals surface area contributed by atoms with E-state index in [9.17, 15) is 14.7 Å². The maximum Gasteiger partial charge on any atom is 0.226 e. The van der Waals surface area contributed by atoms with Crippen molar-refractivity contribution in [1.82, 2.24) is 5.32 Å². The van der Waals surface area contributed by atoms with Crippen molar-refractivity contribution < 1.29 is 14.7 Å². The second-order valence-corrected chi connectivity index (χ2v) is 5.96. The molecule has 0 saturated carbocycles. The zero-order valence-electron chi connectivity index (χ0n) is 13.9. The van der Waals surface area contributed by atoms with Crippen LogP contribution < -0.4 is 10.6 Å². The zero-order valence-corrected chi connectivity index (χ0v) is 13.9. The topological polar surface area (TPSA) is 78.4 Å².